The molecule has 1 fully saturated rings. The van der Waals surface area contributed by atoms with E-state index in [2.05, 4.69) is 27.9 Å². The quantitative estimate of drug-likeness (QED) is 0.907. The summed E-state index contributed by atoms with van der Waals surface area (Å²) in [6.07, 6.45) is 1.00. The minimum Gasteiger partial charge on any atom is -0.361 e. The Kier molecular flexibility index (Phi) is 3.64. The number of hydrogen-bond acceptors (Lipinski definition) is 3. The number of aromatic nitrogens is 1. The van der Waals surface area contributed by atoms with Gasteiger partial charge in [0.25, 0.3) is 0 Å². The van der Waals surface area contributed by atoms with Crippen LogP contribution in [-0.4, -0.2) is 17.2 Å². The van der Waals surface area contributed by atoms with Gasteiger partial charge in [-0.15, -0.1) is 0 Å². The Labute approximate surface area is 123 Å². The Morgan fingerprint density at radius 1 is 1.33 bits per heavy atom. The average molecular weight is 285 g/mol. The van der Waals surface area contributed by atoms with Crippen molar-refractivity contribution in [2.24, 2.45) is 0 Å². The maximum absolute atomic E-state index is 11.9. The SMILES string of the molecule is Cc1noc(C)c1CNC(=O)N[C@@H]1C[C@@H]1c1ccccc1. The van der Waals surface area contributed by atoms with Crippen LogP contribution in [0.1, 0.15) is 34.9 Å². The fourth-order valence-corrected chi connectivity index (χ4v) is 2.57. The van der Waals surface area contributed by atoms with Crippen molar-refractivity contribution < 1.29 is 9.32 Å². The van der Waals surface area contributed by atoms with Crippen LogP contribution in [-0.2, 0) is 6.54 Å². The summed E-state index contributed by atoms with van der Waals surface area (Å²) in [5.74, 6) is 1.19. The van der Waals surface area contributed by atoms with E-state index in [9.17, 15) is 4.79 Å². The lowest BCUT2D eigenvalue weighted by Gasteiger charge is -2.07. The van der Waals surface area contributed by atoms with Gasteiger partial charge >= 0.3 is 6.03 Å². The normalized spacial score (nSPS) is 20.1. The van der Waals surface area contributed by atoms with Gasteiger partial charge in [-0.1, -0.05) is 35.5 Å². The van der Waals surface area contributed by atoms with Crippen LogP contribution >= 0.6 is 0 Å². The summed E-state index contributed by atoms with van der Waals surface area (Å²) in [5.41, 5.74) is 3.05. The van der Waals surface area contributed by atoms with E-state index in [1.165, 1.54) is 5.56 Å². The maximum Gasteiger partial charge on any atom is 0.315 e. The molecule has 1 saturated carbocycles. The smallest absolute Gasteiger partial charge is 0.315 e. The van der Waals surface area contributed by atoms with Crippen LogP contribution in [0.25, 0.3) is 0 Å². The summed E-state index contributed by atoms with van der Waals surface area (Å²) in [6.45, 7) is 4.16. The molecule has 110 valence electrons. The number of aryl methyl sites for hydroxylation is 2. The van der Waals surface area contributed by atoms with Crippen molar-refractivity contribution >= 4 is 6.03 Å². The van der Waals surface area contributed by atoms with Gasteiger partial charge in [0.2, 0.25) is 0 Å². The number of carbonyl (C=O) groups excluding carboxylic acids is 1. The zero-order chi connectivity index (χ0) is 14.8. The number of nitrogens with zero attached hydrogens (tertiary/aromatic N) is 1. The summed E-state index contributed by atoms with van der Waals surface area (Å²) >= 11 is 0. The lowest BCUT2D eigenvalue weighted by molar-refractivity contribution is 0.240. The molecule has 0 aliphatic heterocycles. The molecule has 5 heteroatoms. The molecule has 5 nitrogen and oxygen atoms in total. The Balaban J connectivity index is 1.48. The topological polar surface area (TPSA) is 67.2 Å². The highest BCUT2D eigenvalue weighted by Crippen LogP contribution is 2.40. The average Bonchev–Trinajstić information content (AvgIpc) is 3.17. The van der Waals surface area contributed by atoms with E-state index in [1.54, 1.807) is 0 Å². The van der Waals surface area contributed by atoms with E-state index in [-0.39, 0.29) is 12.1 Å². The molecule has 2 N–H and O–H groups in total. The minimum absolute atomic E-state index is 0.140. The lowest BCUT2D eigenvalue weighted by Crippen LogP contribution is -2.37. The summed E-state index contributed by atoms with van der Waals surface area (Å²) in [7, 11) is 0. The van der Waals surface area contributed by atoms with Gasteiger partial charge in [0, 0.05) is 24.1 Å². The van der Waals surface area contributed by atoms with Gasteiger partial charge < -0.3 is 15.2 Å². The number of urea groups is 1. The number of nitrogens with one attached hydrogen (secondary N) is 2. The van der Waals surface area contributed by atoms with E-state index in [4.69, 9.17) is 4.52 Å². The van der Waals surface area contributed by atoms with Crippen molar-refractivity contribution in [2.75, 3.05) is 0 Å². The third kappa shape index (κ3) is 3.07. The first kappa shape index (κ1) is 13.7. The number of benzene rings is 1. The molecule has 0 unspecified atom stereocenters. The molecule has 1 aliphatic rings. The predicted octanol–water partition coefficient (Wildman–Crippen LogP) is 2.65. The fourth-order valence-electron chi connectivity index (χ4n) is 2.57. The molecule has 1 heterocycles. The Morgan fingerprint density at radius 3 is 2.76 bits per heavy atom. The van der Waals surface area contributed by atoms with Crippen LogP contribution in [0.4, 0.5) is 4.79 Å². The Hall–Kier alpha value is -2.30. The van der Waals surface area contributed by atoms with Crippen molar-refractivity contribution in [1.29, 1.82) is 0 Å². The van der Waals surface area contributed by atoms with Gasteiger partial charge in [0.05, 0.1) is 5.69 Å². The van der Waals surface area contributed by atoms with Crippen LogP contribution in [0.2, 0.25) is 0 Å². The molecule has 21 heavy (non-hydrogen) atoms. The summed E-state index contributed by atoms with van der Waals surface area (Å²) in [4.78, 5) is 11.9. The largest absolute Gasteiger partial charge is 0.361 e. The molecule has 1 aromatic heterocycles. The molecular weight excluding hydrogens is 266 g/mol. The van der Waals surface area contributed by atoms with Crippen LogP contribution in [0, 0.1) is 13.8 Å². The number of amides is 2. The number of rotatable bonds is 4. The third-order valence-electron chi connectivity index (χ3n) is 3.94. The first-order chi connectivity index (χ1) is 10.1. The van der Waals surface area contributed by atoms with Crippen LogP contribution < -0.4 is 10.6 Å². The van der Waals surface area contributed by atoms with Crippen LogP contribution in [0.15, 0.2) is 34.9 Å². The highest BCUT2D eigenvalue weighted by atomic mass is 16.5. The molecule has 2 atom stereocenters. The minimum atomic E-state index is -0.140. The fraction of sp³-hybridized carbons (Fsp3) is 0.375. The second-order valence-electron chi connectivity index (χ2n) is 5.49. The molecule has 1 aliphatic carbocycles. The van der Waals surface area contributed by atoms with Crippen molar-refractivity contribution in [2.45, 2.75) is 38.8 Å². The van der Waals surface area contributed by atoms with Crippen molar-refractivity contribution in [3.63, 3.8) is 0 Å². The second kappa shape index (κ2) is 5.60. The molecular formula is C16H19N3O2. The standard InChI is InChI=1S/C16H19N3O2/c1-10-14(11(2)21-19-10)9-17-16(20)18-15-8-13(15)12-6-4-3-5-7-12/h3-7,13,15H,8-9H2,1-2H3,(H2,17,18,20)/t13-,15-/m1/s1. The van der Waals surface area contributed by atoms with Crippen molar-refractivity contribution in [1.82, 2.24) is 15.8 Å². The highest BCUT2D eigenvalue weighted by molar-refractivity contribution is 5.75. The van der Waals surface area contributed by atoms with Crippen molar-refractivity contribution in [3.05, 3.63) is 52.9 Å². The molecule has 2 aromatic rings. The number of carbonyl (C=O) groups is 1. The second-order valence-corrected chi connectivity index (χ2v) is 5.49. The van der Waals surface area contributed by atoms with Gasteiger partial charge in [-0.25, -0.2) is 4.79 Å². The van der Waals surface area contributed by atoms with Gasteiger partial charge in [-0.2, -0.15) is 0 Å². The van der Waals surface area contributed by atoms with Gasteiger partial charge in [-0.3, -0.25) is 0 Å². The van der Waals surface area contributed by atoms with Gasteiger partial charge in [-0.05, 0) is 25.8 Å². The number of hydrogen-bond donors (Lipinski definition) is 2. The highest BCUT2D eigenvalue weighted by Gasteiger charge is 2.39. The molecule has 1 aromatic carbocycles. The van der Waals surface area contributed by atoms with Crippen LogP contribution in [0.5, 0.6) is 0 Å². The molecule has 3 rings (SSSR count). The van der Waals surface area contributed by atoms with Gasteiger partial charge in [0.15, 0.2) is 0 Å². The third-order valence-corrected chi connectivity index (χ3v) is 3.94. The zero-order valence-electron chi connectivity index (χ0n) is 12.2. The summed E-state index contributed by atoms with van der Waals surface area (Å²) < 4.78 is 5.07. The Morgan fingerprint density at radius 2 is 2.10 bits per heavy atom. The first-order valence-corrected chi connectivity index (χ1v) is 7.16. The van der Waals surface area contributed by atoms with Crippen LogP contribution in [0.3, 0.4) is 0 Å². The van der Waals surface area contributed by atoms with Gasteiger partial charge in [0.1, 0.15) is 5.76 Å². The summed E-state index contributed by atoms with van der Waals surface area (Å²) in [6, 6.07) is 10.4. The maximum atomic E-state index is 11.9. The molecule has 0 radical (unpaired) electrons. The molecule has 2 amide bonds. The predicted molar refractivity (Wildman–Crippen MR) is 78.9 cm³/mol. The molecule has 0 bridgehead atoms. The molecule has 0 saturated heterocycles. The van der Waals surface area contributed by atoms with E-state index < -0.39 is 0 Å². The first-order valence-electron chi connectivity index (χ1n) is 7.16. The zero-order valence-corrected chi connectivity index (χ0v) is 12.2. The van der Waals surface area contributed by atoms with E-state index in [0.29, 0.717) is 12.5 Å². The Bertz CT molecular complexity index is 617. The lowest BCUT2D eigenvalue weighted by atomic mass is 10.1. The monoisotopic (exact) mass is 285 g/mol. The van der Waals surface area contributed by atoms with E-state index in [0.717, 1.165) is 23.4 Å². The molecule has 0 spiro atoms. The van der Waals surface area contributed by atoms with E-state index in [1.807, 2.05) is 32.0 Å². The van der Waals surface area contributed by atoms with Crippen molar-refractivity contribution in [3.8, 4) is 0 Å². The summed E-state index contributed by atoms with van der Waals surface area (Å²) in [5, 5.41) is 9.74. The van der Waals surface area contributed by atoms with E-state index >= 15 is 0 Å².